The first kappa shape index (κ1) is 13.8. The zero-order chi connectivity index (χ0) is 12.6. The molecule has 0 aromatic heterocycles. The Morgan fingerprint density at radius 3 is 1.88 bits per heavy atom. The summed E-state index contributed by atoms with van der Waals surface area (Å²) in [4.78, 5) is 19.3. The van der Waals surface area contributed by atoms with Crippen molar-refractivity contribution in [3.63, 3.8) is 0 Å². The lowest BCUT2D eigenvalue weighted by Crippen LogP contribution is -2.08. The van der Waals surface area contributed by atoms with E-state index in [1.54, 1.807) is 0 Å². The van der Waals surface area contributed by atoms with Crippen molar-refractivity contribution in [3.8, 4) is 0 Å². The van der Waals surface area contributed by atoms with Gasteiger partial charge < -0.3 is 10.8 Å². The third-order valence-corrected chi connectivity index (χ3v) is 1.45. The van der Waals surface area contributed by atoms with Crippen molar-refractivity contribution in [1.82, 2.24) is 0 Å². The molecule has 0 aliphatic heterocycles. The summed E-state index contributed by atoms with van der Waals surface area (Å²) >= 11 is 0. The van der Waals surface area contributed by atoms with Crippen LogP contribution in [0.5, 0.6) is 0 Å². The highest BCUT2D eigenvalue weighted by atomic mass is 32.2. The largest absolute Gasteiger partial charge is 0.474 e. The van der Waals surface area contributed by atoms with E-state index in [1.165, 1.54) is 0 Å². The van der Waals surface area contributed by atoms with E-state index in [2.05, 4.69) is 4.36 Å². The van der Waals surface area contributed by atoms with Gasteiger partial charge in [-0.2, -0.15) is 8.42 Å². The van der Waals surface area contributed by atoms with Gasteiger partial charge in [0.15, 0.2) is 0 Å². The Labute approximate surface area is 92.2 Å². The lowest BCUT2D eigenvalue weighted by atomic mass is 10.3. The SMILES string of the molecule is Nc1ccccc1.O=C(O)C(=O)N=S(=O)=O. The molecule has 0 spiro atoms. The first-order valence-corrected chi connectivity index (χ1v) is 4.85. The van der Waals surface area contributed by atoms with Crippen molar-refractivity contribution in [2.24, 2.45) is 4.36 Å². The van der Waals surface area contributed by atoms with Gasteiger partial charge in [-0.15, -0.1) is 0 Å². The van der Waals surface area contributed by atoms with E-state index in [-0.39, 0.29) is 0 Å². The van der Waals surface area contributed by atoms with Crippen molar-refractivity contribution >= 4 is 28.1 Å². The molecule has 0 bridgehead atoms. The minimum atomic E-state index is -2.97. The molecule has 3 N–H and O–H groups in total. The van der Waals surface area contributed by atoms with E-state index in [9.17, 15) is 18.0 Å². The molecular formula is C8H8N2O5S. The number of nitrogens with two attached hydrogens (primary N) is 1. The van der Waals surface area contributed by atoms with Crippen molar-refractivity contribution in [2.75, 3.05) is 5.73 Å². The summed E-state index contributed by atoms with van der Waals surface area (Å²) in [6.45, 7) is 0. The summed E-state index contributed by atoms with van der Waals surface area (Å²) in [6.07, 6.45) is 0. The molecule has 0 saturated heterocycles. The van der Waals surface area contributed by atoms with Gasteiger partial charge in [-0.25, -0.2) is 4.79 Å². The number of nitrogens with zero attached hydrogens (tertiary/aromatic N) is 1. The number of carbonyl (C=O) groups excluding carboxylic acids is 1. The normalized spacial score (nSPS) is 8.25. The topological polar surface area (TPSA) is 127 Å². The van der Waals surface area contributed by atoms with Crippen LogP contribution in [0.2, 0.25) is 0 Å². The standard InChI is InChI=1S/C6H7N.C2HNO5S/c7-6-4-2-1-3-5-6;4-1(2(5)6)3-9(7)8/h1-5H,7H2;(H,5,6). The Hall–Kier alpha value is -2.22. The number of hydrogen-bond acceptors (Lipinski definition) is 5. The molecule has 0 radical (unpaired) electrons. The van der Waals surface area contributed by atoms with Gasteiger partial charge in [0, 0.05) is 5.69 Å². The quantitative estimate of drug-likeness (QED) is 0.485. The van der Waals surface area contributed by atoms with Crippen LogP contribution in [0.1, 0.15) is 0 Å². The zero-order valence-electron chi connectivity index (χ0n) is 7.90. The minimum absolute atomic E-state index is 0.822. The first-order chi connectivity index (χ1) is 7.43. The predicted molar refractivity (Wildman–Crippen MR) is 54.8 cm³/mol. The molecule has 0 aliphatic carbocycles. The fourth-order valence-corrected chi connectivity index (χ4v) is 0.773. The molecular weight excluding hydrogens is 236 g/mol. The molecule has 16 heavy (non-hydrogen) atoms. The number of carboxylic acids is 1. The van der Waals surface area contributed by atoms with Gasteiger partial charge in [-0.3, -0.25) is 4.79 Å². The van der Waals surface area contributed by atoms with Crippen LogP contribution in [-0.4, -0.2) is 25.4 Å². The van der Waals surface area contributed by atoms with Gasteiger partial charge >= 0.3 is 22.4 Å². The molecule has 1 amide bonds. The Morgan fingerprint density at radius 1 is 1.19 bits per heavy atom. The molecule has 0 atom stereocenters. The Kier molecular flexibility index (Phi) is 6.13. The van der Waals surface area contributed by atoms with Gasteiger partial charge in [0.25, 0.3) is 0 Å². The van der Waals surface area contributed by atoms with Crippen molar-refractivity contribution in [2.45, 2.75) is 0 Å². The van der Waals surface area contributed by atoms with Crippen LogP contribution >= 0.6 is 0 Å². The van der Waals surface area contributed by atoms with Crippen LogP contribution in [0.3, 0.4) is 0 Å². The summed E-state index contributed by atoms with van der Waals surface area (Å²) in [5, 5.41) is 7.71. The van der Waals surface area contributed by atoms with E-state index in [0.29, 0.717) is 0 Å². The lowest BCUT2D eigenvalue weighted by molar-refractivity contribution is -0.148. The third kappa shape index (κ3) is 7.21. The Balaban J connectivity index is 0.000000288. The average molecular weight is 244 g/mol. The monoisotopic (exact) mass is 244 g/mol. The number of carbonyl (C=O) groups is 2. The highest BCUT2D eigenvalue weighted by molar-refractivity contribution is 7.62. The van der Waals surface area contributed by atoms with E-state index >= 15 is 0 Å². The maximum absolute atomic E-state index is 9.79. The number of nitrogen functional groups attached to an aromatic ring is 1. The van der Waals surface area contributed by atoms with Gasteiger partial charge in [0.05, 0.1) is 0 Å². The van der Waals surface area contributed by atoms with Crippen LogP contribution in [-0.2, 0) is 20.1 Å². The lowest BCUT2D eigenvalue weighted by Gasteiger charge is -1.83. The molecule has 8 heteroatoms. The fourth-order valence-electron chi connectivity index (χ4n) is 0.560. The van der Waals surface area contributed by atoms with Gasteiger partial charge in [0.2, 0.25) is 0 Å². The van der Waals surface area contributed by atoms with Gasteiger partial charge in [-0.1, -0.05) is 22.6 Å². The van der Waals surface area contributed by atoms with E-state index < -0.39 is 22.4 Å². The smallest absolute Gasteiger partial charge is 0.397 e. The molecule has 86 valence electrons. The van der Waals surface area contributed by atoms with E-state index in [4.69, 9.17) is 10.8 Å². The van der Waals surface area contributed by atoms with Gasteiger partial charge in [-0.05, 0) is 12.1 Å². The predicted octanol–water partition coefficient (Wildman–Crippen LogP) is -0.0709. The number of para-hydroxylation sites is 1. The summed E-state index contributed by atoms with van der Waals surface area (Å²) < 4.78 is 21.1. The zero-order valence-corrected chi connectivity index (χ0v) is 8.72. The van der Waals surface area contributed by atoms with Crippen molar-refractivity contribution in [3.05, 3.63) is 30.3 Å². The second-order valence-electron chi connectivity index (χ2n) is 2.33. The van der Waals surface area contributed by atoms with E-state index in [0.717, 1.165) is 5.69 Å². The Bertz CT molecular complexity index is 486. The summed E-state index contributed by atoms with van der Waals surface area (Å²) in [7, 11) is -2.97. The molecule has 0 fully saturated rings. The Morgan fingerprint density at radius 2 is 1.69 bits per heavy atom. The number of hydrogen-bond donors (Lipinski definition) is 2. The molecule has 0 unspecified atom stereocenters. The number of rotatable bonds is 0. The van der Waals surface area contributed by atoms with Crippen LogP contribution < -0.4 is 5.73 Å². The molecule has 0 aliphatic rings. The number of anilines is 1. The summed E-state index contributed by atoms with van der Waals surface area (Å²) in [5.41, 5.74) is 6.18. The number of amides is 1. The fraction of sp³-hybridized carbons (Fsp3) is 0. The maximum atomic E-state index is 9.79. The third-order valence-electron chi connectivity index (χ3n) is 1.14. The first-order valence-electron chi connectivity index (χ1n) is 3.82. The maximum Gasteiger partial charge on any atom is 0.397 e. The highest BCUT2D eigenvalue weighted by Gasteiger charge is 2.08. The van der Waals surface area contributed by atoms with Crippen molar-refractivity contribution < 1.29 is 23.1 Å². The molecule has 7 nitrogen and oxygen atoms in total. The average Bonchev–Trinajstić information content (AvgIpc) is 2.18. The molecule has 0 saturated carbocycles. The van der Waals surface area contributed by atoms with Crippen LogP contribution in [0.4, 0.5) is 5.69 Å². The molecule has 1 aromatic carbocycles. The van der Waals surface area contributed by atoms with Gasteiger partial charge in [0.1, 0.15) is 0 Å². The second-order valence-corrected chi connectivity index (χ2v) is 2.95. The van der Waals surface area contributed by atoms with Crippen LogP contribution in [0.25, 0.3) is 0 Å². The van der Waals surface area contributed by atoms with Crippen LogP contribution in [0.15, 0.2) is 34.7 Å². The number of benzene rings is 1. The molecule has 0 heterocycles. The summed E-state index contributed by atoms with van der Waals surface area (Å²) in [5.74, 6) is -3.58. The minimum Gasteiger partial charge on any atom is -0.474 e. The van der Waals surface area contributed by atoms with E-state index in [1.807, 2.05) is 30.3 Å². The van der Waals surface area contributed by atoms with Crippen LogP contribution in [0, 0.1) is 0 Å². The molecule has 1 rings (SSSR count). The number of carboxylic acid groups (broad SMARTS) is 1. The highest BCUT2D eigenvalue weighted by Crippen LogP contribution is 1.95. The summed E-state index contributed by atoms with van der Waals surface area (Å²) in [6, 6.07) is 9.49. The second kappa shape index (κ2) is 7.12. The molecule has 1 aromatic rings. The number of aliphatic carboxylic acids is 1. The van der Waals surface area contributed by atoms with Crippen molar-refractivity contribution in [1.29, 1.82) is 0 Å².